The summed E-state index contributed by atoms with van der Waals surface area (Å²) in [7, 11) is 0. The van der Waals surface area contributed by atoms with E-state index < -0.39 is 0 Å². The number of aromatic nitrogens is 4. The van der Waals surface area contributed by atoms with E-state index in [1.54, 1.807) is 4.68 Å². The summed E-state index contributed by atoms with van der Waals surface area (Å²) in [5.74, 6) is 2.48. The number of rotatable bonds is 2. The molecule has 2 heterocycles. The summed E-state index contributed by atoms with van der Waals surface area (Å²) in [5, 5.41) is 5.14. The van der Waals surface area contributed by atoms with Crippen LogP contribution in [0.5, 0.6) is 0 Å². The van der Waals surface area contributed by atoms with Crippen molar-refractivity contribution in [3.63, 3.8) is 0 Å². The van der Waals surface area contributed by atoms with Crippen molar-refractivity contribution >= 4 is 15.9 Å². The van der Waals surface area contributed by atoms with Crippen LogP contribution in [0.2, 0.25) is 0 Å². The van der Waals surface area contributed by atoms with Gasteiger partial charge in [-0.15, -0.1) is 5.10 Å². The molecule has 0 saturated carbocycles. The molecule has 2 aromatic rings. The molecular weight excluding hydrogens is 268 g/mol. The van der Waals surface area contributed by atoms with Gasteiger partial charge in [-0.2, -0.15) is 4.68 Å². The van der Waals surface area contributed by atoms with Crippen LogP contribution in [-0.4, -0.2) is 19.7 Å². The monoisotopic (exact) mass is 280 g/mol. The quantitative estimate of drug-likeness (QED) is 0.794. The second kappa shape index (κ2) is 4.33. The molecule has 0 amide bonds. The average molecular weight is 281 g/mol. The topological polar surface area (TPSA) is 43.6 Å². The Morgan fingerprint density at radius 1 is 1.31 bits per heavy atom. The molecule has 4 nitrogen and oxygen atoms in total. The predicted octanol–water partition coefficient (Wildman–Crippen LogP) is 2.48. The minimum absolute atomic E-state index is 0.767. The van der Waals surface area contributed by atoms with Crippen molar-refractivity contribution in [1.82, 2.24) is 19.7 Å². The van der Waals surface area contributed by atoms with Crippen LogP contribution in [0, 0.1) is 20.8 Å². The lowest BCUT2D eigenvalue weighted by molar-refractivity contribution is 0.795. The van der Waals surface area contributed by atoms with Gasteiger partial charge in [-0.1, -0.05) is 15.9 Å². The Morgan fingerprint density at radius 3 is 2.56 bits per heavy atom. The number of alkyl halides is 1. The molecule has 0 atom stereocenters. The lowest BCUT2D eigenvalue weighted by atomic mass is 10.2. The molecule has 16 heavy (non-hydrogen) atoms. The molecule has 0 N–H and O–H groups in total. The number of nitrogens with zero attached hydrogens (tertiary/aromatic N) is 4. The van der Waals surface area contributed by atoms with E-state index in [4.69, 9.17) is 0 Å². The molecule has 5 heteroatoms. The van der Waals surface area contributed by atoms with Gasteiger partial charge in [0.1, 0.15) is 11.6 Å². The van der Waals surface area contributed by atoms with E-state index in [9.17, 15) is 0 Å². The van der Waals surface area contributed by atoms with E-state index in [1.807, 2.05) is 27.0 Å². The van der Waals surface area contributed by atoms with Gasteiger partial charge in [-0.3, -0.25) is 0 Å². The smallest absolute Gasteiger partial charge is 0.158 e. The molecule has 2 rings (SSSR count). The van der Waals surface area contributed by atoms with E-state index in [0.29, 0.717) is 0 Å². The standard InChI is InChI=1S/C11H13BrN4/c1-7-4-10(5-12)6-13-11(7)16-9(3)14-8(2)15-16/h4,6H,5H2,1-3H3. The summed E-state index contributed by atoms with van der Waals surface area (Å²) in [5.41, 5.74) is 2.26. The molecule has 84 valence electrons. The van der Waals surface area contributed by atoms with Crippen molar-refractivity contribution in [2.75, 3.05) is 0 Å². The lowest BCUT2D eigenvalue weighted by Gasteiger charge is -2.06. The van der Waals surface area contributed by atoms with Gasteiger partial charge in [0.25, 0.3) is 0 Å². The molecule has 0 aliphatic carbocycles. The van der Waals surface area contributed by atoms with E-state index in [1.165, 1.54) is 0 Å². The highest BCUT2D eigenvalue weighted by Crippen LogP contribution is 2.15. The Hall–Kier alpha value is -1.23. The summed E-state index contributed by atoms with van der Waals surface area (Å²) in [6, 6.07) is 2.10. The lowest BCUT2D eigenvalue weighted by Crippen LogP contribution is -2.05. The molecule has 2 aromatic heterocycles. The molecule has 0 aromatic carbocycles. The molecule has 0 aliphatic heterocycles. The predicted molar refractivity (Wildman–Crippen MR) is 66.0 cm³/mol. The minimum Gasteiger partial charge on any atom is -0.236 e. The van der Waals surface area contributed by atoms with Crippen molar-refractivity contribution in [2.45, 2.75) is 26.1 Å². The fourth-order valence-electron chi connectivity index (χ4n) is 1.64. The number of hydrogen-bond donors (Lipinski definition) is 0. The molecule has 0 saturated heterocycles. The van der Waals surface area contributed by atoms with Gasteiger partial charge in [0, 0.05) is 11.5 Å². The third kappa shape index (κ3) is 2.00. The van der Waals surface area contributed by atoms with Crippen LogP contribution in [0.15, 0.2) is 12.3 Å². The van der Waals surface area contributed by atoms with Crippen LogP contribution >= 0.6 is 15.9 Å². The number of hydrogen-bond acceptors (Lipinski definition) is 3. The van der Waals surface area contributed by atoms with Gasteiger partial charge in [-0.05, 0) is 38.0 Å². The second-order valence-corrected chi connectivity index (χ2v) is 4.30. The Labute approximate surface area is 103 Å². The van der Waals surface area contributed by atoms with Gasteiger partial charge in [0.15, 0.2) is 5.82 Å². The zero-order chi connectivity index (χ0) is 11.7. The Bertz CT molecular complexity index is 519. The largest absolute Gasteiger partial charge is 0.236 e. The SMILES string of the molecule is Cc1nc(C)n(-c2ncc(CBr)cc2C)n1. The molecule has 0 spiro atoms. The maximum atomic E-state index is 4.42. The maximum Gasteiger partial charge on any atom is 0.158 e. The fourth-order valence-corrected chi connectivity index (χ4v) is 1.95. The van der Waals surface area contributed by atoms with E-state index in [-0.39, 0.29) is 0 Å². The minimum atomic E-state index is 0.767. The third-order valence-electron chi connectivity index (χ3n) is 2.34. The maximum absolute atomic E-state index is 4.42. The van der Waals surface area contributed by atoms with Crippen LogP contribution in [-0.2, 0) is 5.33 Å². The van der Waals surface area contributed by atoms with Crippen LogP contribution in [0.1, 0.15) is 22.8 Å². The fraction of sp³-hybridized carbons (Fsp3) is 0.364. The number of pyridine rings is 1. The van der Waals surface area contributed by atoms with Crippen LogP contribution in [0.4, 0.5) is 0 Å². The van der Waals surface area contributed by atoms with Crippen molar-refractivity contribution in [3.05, 3.63) is 35.0 Å². The highest BCUT2D eigenvalue weighted by Gasteiger charge is 2.09. The van der Waals surface area contributed by atoms with Gasteiger partial charge in [0.2, 0.25) is 0 Å². The normalized spacial score (nSPS) is 10.8. The number of halogens is 1. The summed E-state index contributed by atoms with van der Waals surface area (Å²) >= 11 is 3.42. The van der Waals surface area contributed by atoms with Crippen molar-refractivity contribution in [2.24, 2.45) is 0 Å². The van der Waals surface area contributed by atoms with Crippen LogP contribution in [0.25, 0.3) is 5.82 Å². The van der Waals surface area contributed by atoms with Crippen molar-refractivity contribution < 1.29 is 0 Å². The summed E-state index contributed by atoms with van der Waals surface area (Å²) in [6.45, 7) is 5.84. The zero-order valence-electron chi connectivity index (χ0n) is 9.53. The molecule has 0 radical (unpaired) electrons. The van der Waals surface area contributed by atoms with Gasteiger partial charge < -0.3 is 0 Å². The molecule has 0 unspecified atom stereocenters. The first-order valence-corrected chi connectivity index (χ1v) is 6.16. The molecule has 0 bridgehead atoms. The van der Waals surface area contributed by atoms with Gasteiger partial charge >= 0.3 is 0 Å². The third-order valence-corrected chi connectivity index (χ3v) is 2.98. The van der Waals surface area contributed by atoms with E-state index in [0.717, 1.165) is 33.9 Å². The van der Waals surface area contributed by atoms with Gasteiger partial charge in [0.05, 0.1) is 0 Å². The summed E-state index contributed by atoms with van der Waals surface area (Å²) in [4.78, 5) is 8.70. The number of aryl methyl sites for hydroxylation is 3. The zero-order valence-corrected chi connectivity index (χ0v) is 11.1. The van der Waals surface area contributed by atoms with Crippen LogP contribution in [0.3, 0.4) is 0 Å². The molecule has 0 fully saturated rings. The Kier molecular flexibility index (Phi) is 3.05. The summed E-state index contributed by atoms with van der Waals surface area (Å²) < 4.78 is 1.78. The molecular formula is C11H13BrN4. The average Bonchev–Trinajstić information content (AvgIpc) is 2.57. The van der Waals surface area contributed by atoms with Crippen LogP contribution < -0.4 is 0 Å². The molecule has 0 aliphatic rings. The summed E-state index contributed by atoms with van der Waals surface area (Å²) in [6.07, 6.45) is 1.85. The Balaban J connectivity index is 2.52. The van der Waals surface area contributed by atoms with E-state index >= 15 is 0 Å². The first kappa shape index (κ1) is 11.3. The first-order chi connectivity index (χ1) is 7.61. The highest BCUT2D eigenvalue weighted by atomic mass is 79.9. The Morgan fingerprint density at radius 2 is 2.06 bits per heavy atom. The van der Waals surface area contributed by atoms with Gasteiger partial charge in [-0.25, -0.2) is 9.97 Å². The highest BCUT2D eigenvalue weighted by molar-refractivity contribution is 9.08. The van der Waals surface area contributed by atoms with E-state index in [2.05, 4.69) is 37.1 Å². The first-order valence-electron chi connectivity index (χ1n) is 5.04. The van der Waals surface area contributed by atoms with Crippen molar-refractivity contribution in [3.8, 4) is 5.82 Å². The second-order valence-electron chi connectivity index (χ2n) is 3.74. The van der Waals surface area contributed by atoms with Crippen molar-refractivity contribution in [1.29, 1.82) is 0 Å².